The number of rotatable bonds is 4. The van der Waals surface area contributed by atoms with Crippen LogP contribution in [0.2, 0.25) is 0 Å². The SMILES string of the molecule is NC1(CO)CCC(N2CCC(CN3CCCC3)CC2)C1. The first-order chi connectivity index (χ1) is 9.68. The number of hydrogen-bond acceptors (Lipinski definition) is 4. The van der Waals surface area contributed by atoms with Crippen LogP contribution in [0.4, 0.5) is 0 Å². The minimum atomic E-state index is -0.295. The average Bonchev–Trinajstić information content (AvgIpc) is 3.10. The van der Waals surface area contributed by atoms with Crippen LogP contribution in [0, 0.1) is 5.92 Å². The van der Waals surface area contributed by atoms with Crippen molar-refractivity contribution in [2.75, 3.05) is 39.3 Å². The summed E-state index contributed by atoms with van der Waals surface area (Å²) in [5, 5.41) is 9.39. The zero-order valence-electron chi connectivity index (χ0n) is 12.8. The van der Waals surface area contributed by atoms with Gasteiger partial charge in [-0.2, -0.15) is 0 Å². The molecule has 3 rings (SSSR count). The number of nitrogens with two attached hydrogens (primary N) is 1. The Balaban J connectivity index is 1.42. The van der Waals surface area contributed by atoms with Crippen LogP contribution in [0.15, 0.2) is 0 Å². The van der Waals surface area contributed by atoms with Gasteiger partial charge in [0.15, 0.2) is 0 Å². The lowest BCUT2D eigenvalue weighted by atomic mass is 9.94. The molecule has 2 saturated heterocycles. The second-order valence-electron chi connectivity index (χ2n) is 7.40. The minimum Gasteiger partial charge on any atom is -0.394 e. The van der Waals surface area contributed by atoms with Crippen molar-refractivity contribution in [3.05, 3.63) is 0 Å². The lowest BCUT2D eigenvalue weighted by Gasteiger charge is -2.37. The van der Waals surface area contributed by atoms with Gasteiger partial charge in [-0.05, 0) is 77.0 Å². The van der Waals surface area contributed by atoms with E-state index in [2.05, 4.69) is 9.80 Å². The molecule has 4 heteroatoms. The van der Waals surface area contributed by atoms with Gasteiger partial charge in [0.05, 0.1) is 6.61 Å². The number of nitrogens with zero attached hydrogens (tertiary/aromatic N) is 2. The normalized spacial score (nSPS) is 37.8. The van der Waals surface area contributed by atoms with Gasteiger partial charge in [0.2, 0.25) is 0 Å². The smallest absolute Gasteiger partial charge is 0.0611 e. The highest BCUT2D eigenvalue weighted by atomic mass is 16.3. The van der Waals surface area contributed by atoms with E-state index in [1.807, 2.05) is 0 Å². The monoisotopic (exact) mass is 281 g/mol. The molecule has 0 spiro atoms. The highest BCUT2D eigenvalue weighted by molar-refractivity contribution is 4.97. The number of likely N-dealkylation sites (tertiary alicyclic amines) is 2. The van der Waals surface area contributed by atoms with E-state index < -0.39 is 0 Å². The molecule has 1 aliphatic carbocycles. The van der Waals surface area contributed by atoms with Crippen LogP contribution in [0.1, 0.15) is 44.9 Å². The van der Waals surface area contributed by atoms with Crippen molar-refractivity contribution in [3.63, 3.8) is 0 Å². The Hall–Kier alpha value is -0.160. The molecule has 2 unspecified atom stereocenters. The molecule has 0 aromatic rings. The Morgan fingerprint density at radius 2 is 1.75 bits per heavy atom. The van der Waals surface area contributed by atoms with E-state index in [4.69, 9.17) is 5.73 Å². The van der Waals surface area contributed by atoms with Crippen LogP contribution < -0.4 is 5.73 Å². The molecule has 0 radical (unpaired) electrons. The van der Waals surface area contributed by atoms with Crippen molar-refractivity contribution in [2.45, 2.75) is 56.5 Å². The number of hydrogen-bond donors (Lipinski definition) is 2. The van der Waals surface area contributed by atoms with E-state index in [-0.39, 0.29) is 12.1 Å². The Morgan fingerprint density at radius 3 is 2.35 bits per heavy atom. The highest BCUT2D eigenvalue weighted by Gasteiger charge is 2.38. The van der Waals surface area contributed by atoms with Gasteiger partial charge < -0.3 is 20.6 Å². The second kappa shape index (κ2) is 6.30. The largest absolute Gasteiger partial charge is 0.394 e. The molecule has 3 aliphatic rings. The molecule has 0 bridgehead atoms. The third-order valence-electron chi connectivity index (χ3n) is 5.81. The van der Waals surface area contributed by atoms with Crippen LogP contribution in [0.25, 0.3) is 0 Å². The first-order valence-electron chi connectivity index (χ1n) is 8.55. The van der Waals surface area contributed by atoms with E-state index in [1.165, 1.54) is 64.8 Å². The van der Waals surface area contributed by atoms with Gasteiger partial charge in [0, 0.05) is 18.1 Å². The second-order valence-corrected chi connectivity index (χ2v) is 7.40. The molecule has 2 heterocycles. The van der Waals surface area contributed by atoms with E-state index >= 15 is 0 Å². The standard InChI is InChI=1S/C16H31N3O/c17-16(13-20)6-3-15(11-16)19-9-4-14(5-10-19)12-18-7-1-2-8-18/h14-15,20H,1-13,17H2. The van der Waals surface area contributed by atoms with Crippen molar-refractivity contribution in [1.29, 1.82) is 0 Å². The van der Waals surface area contributed by atoms with Crippen molar-refractivity contribution in [1.82, 2.24) is 9.80 Å². The maximum absolute atomic E-state index is 9.39. The van der Waals surface area contributed by atoms with Crippen LogP contribution in [0.3, 0.4) is 0 Å². The molecule has 3 fully saturated rings. The van der Waals surface area contributed by atoms with Crippen molar-refractivity contribution in [2.24, 2.45) is 11.7 Å². The number of aliphatic hydroxyl groups is 1. The first kappa shape index (κ1) is 14.8. The van der Waals surface area contributed by atoms with Gasteiger partial charge in [-0.1, -0.05) is 0 Å². The summed E-state index contributed by atoms with van der Waals surface area (Å²) < 4.78 is 0. The molecule has 116 valence electrons. The number of piperidine rings is 1. The molecule has 1 saturated carbocycles. The van der Waals surface area contributed by atoms with Crippen LogP contribution >= 0.6 is 0 Å². The Bertz CT molecular complexity index is 311. The maximum Gasteiger partial charge on any atom is 0.0611 e. The predicted molar refractivity (Wildman–Crippen MR) is 81.6 cm³/mol. The van der Waals surface area contributed by atoms with Gasteiger partial charge in [0.1, 0.15) is 0 Å². The fourth-order valence-electron chi connectivity index (χ4n) is 4.41. The molecule has 2 atom stereocenters. The quantitative estimate of drug-likeness (QED) is 0.808. The Labute approximate surface area is 123 Å². The van der Waals surface area contributed by atoms with Gasteiger partial charge in [-0.3, -0.25) is 0 Å². The summed E-state index contributed by atoms with van der Waals surface area (Å²) in [6.07, 6.45) is 8.66. The molecule has 3 N–H and O–H groups in total. The molecule has 4 nitrogen and oxygen atoms in total. The highest BCUT2D eigenvalue weighted by Crippen LogP contribution is 2.33. The third kappa shape index (κ3) is 3.35. The Morgan fingerprint density at radius 1 is 1.05 bits per heavy atom. The first-order valence-corrected chi connectivity index (χ1v) is 8.55. The predicted octanol–water partition coefficient (Wildman–Crippen LogP) is 1.04. The topological polar surface area (TPSA) is 52.7 Å². The molecule has 2 aliphatic heterocycles. The molecule has 0 amide bonds. The molecule has 20 heavy (non-hydrogen) atoms. The van der Waals surface area contributed by atoms with E-state index in [9.17, 15) is 5.11 Å². The minimum absolute atomic E-state index is 0.148. The fourth-order valence-corrected chi connectivity index (χ4v) is 4.41. The van der Waals surface area contributed by atoms with Gasteiger partial charge in [-0.25, -0.2) is 0 Å². The van der Waals surface area contributed by atoms with E-state index in [0.717, 1.165) is 18.8 Å². The average molecular weight is 281 g/mol. The van der Waals surface area contributed by atoms with Crippen molar-refractivity contribution in [3.8, 4) is 0 Å². The van der Waals surface area contributed by atoms with Crippen molar-refractivity contribution < 1.29 is 5.11 Å². The van der Waals surface area contributed by atoms with E-state index in [0.29, 0.717) is 6.04 Å². The summed E-state index contributed by atoms with van der Waals surface area (Å²) in [7, 11) is 0. The molecular formula is C16H31N3O. The summed E-state index contributed by atoms with van der Waals surface area (Å²) in [5.41, 5.74) is 5.91. The summed E-state index contributed by atoms with van der Waals surface area (Å²) >= 11 is 0. The fraction of sp³-hybridized carbons (Fsp3) is 1.00. The molecule has 0 aromatic heterocycles. The van der Waals surface area contributed by atoms with Crippen LogP contribution in [0.5, 0.6) is 0 Å². The zero-order chi connectivity index (χ0) is 14.0. The lowest BCUT2D eigenvalue weighted by Crippen LogP contribution is -2.46. The Kier molecular flexibility index (Phi) is 4.65. The van der Waals surface area contributed by atoms with Gasteiger partial charge in [0.25, 0.3) is 0 Å². The van der Waals surface area contributed by atoms with Crippen molar-refractivity contribution >= 4 is 0 Å². The zero-order valence-corrected chi connectivity index (χ0v) is 12.8. The van der Waals surface area contributed by atoms with Gasteiger partial charge in [-0.15, -0.1) is 0 Å². The summed E-state index contributed by atoms with van der Waals surface area (Å²) in [5.74, 6) is 0.909. The van der Waals surface area contributed by atoms with Crippen LogP contribution in [-0.4, -0.2) is 65.8 Å². The molecule has 0 aromatic carbocycles. The van der Waals surface area contributed by atoms with E-state index in [1.54, 1.807) is 0 Å². The lowest BCUT2D eigenvalue weighted by molar-refractivity contribution is 0.109. The number of aliphatic hydroxyl groups excluding tert-OH is 1. The maximum atomic E-state index is 9.39. The van der Waals surface area contributed by atoms with Gasteiger partial charge >= 0.3 is 0 Å². The third-order valence-corrected chi connectivity index (χ3v) is 5.81. The summed E-state index contributed by atoms with van der Waals surface area (Å²) in [6, 6.07) is 0.625. The molecular weight excluding hydrogens is 250 g/mol. The summed E-state index contributed by atoms with van der Waals surface area (Å²) in [4.78, 5) is 5.30. The van der Waals surface area contributed by atoms with Crippen LogP contribution in [-0.2, 0) is 0 Å². The summed E-state index contributed by atoms with van der Waals surface area (Å²) in [6.45, 7) is 6.62.